The topological polar surface area (TPSA) is 90.1 Å². The molecular formula is C22H31IN4O3. The standard InChI is InChI=1S/C22H30N4O3.HI/c1-4-23-21(25-15-22(3,28)19-12-11-16(2)29-19)24-14-20(27)26-13-7-9-17-8-5-6-10-18(17)26;/h5-6,8,10-12,28H,4,7,9,13-15H2,1-3H3,(H2,23,24,25);1H. The van der Waals surface area contributed by atoms with Crippen LogP contribution in [0.1, 0.15) is 37.4 Å². The van der Waals surface area contributed by atoms with Gasteiger partial charge < -0.3 is 25.1 Å². The molecule has 3 N–H and O–H groups in total. The molecule has 0 radical (unpaired) electrons. The lowest BCUT2D eigenvalue weighted by Crippen LogP contribution is -2.45. The molecule has 1 aliphatic heterocycles. The number of aliphatic imine (C=N–C) groups is 1. The minimum absolute atomic E-state index is 0. The van der Waals surface area contributed by atoms with Crippen LogP contribution in [0.3, 0.4) is 0 Å². The summed E-state index contributed by atoms with van der Waals surface area (Å²) in [6.45, 7) is 7.06. The van der Waals surface area contributed by atoms with Crippen molar-refractivity contribution in [1.29, 1.82) is 0 Å². The first-order valence-electron chi connectivity index (χ1n) is 10.1. The van der Waals surface area contributed by atoms with Crippen LogP contribution in [0.2, 0.25) is 0 Å². The summed E-state index contributed by atoms with van der Waals surface area (Å²) in [7, 11) is 0. The van der Waals surface area contributed by atoms with Crippen molar-refractivity contribution in [2.75, 3.05) is 31.1 Å². The molecule has 0 spiro atoms. The second kappa shape index (κ2) is 10.8. The van der Waals surface area contributed by atoms with Crippen LogP contribution in [0.4, 0.5) is 5.69 Å². The molecule has 7 nitrogen and oxygen atoms in total. The maximum Gasteiger partial charge on any atom is 0.248 e. The smallest absolute Gasteiger partial charge is 0.248 e. The molecule has 30 heavy (non-hydrogen) atoms. The first kappa shape index (κ1) is 24.2. The Kier molecular flexibility index (Phi) is 8.72. The number of fused-ring (bicyclic) bond motifs is 1. The van der Waals surface area contributed by atoms with Crippen molar-refractivity contribution in [2.24, 2.45) is 4.99 Å². The van der Waals surface area contributed by atoms with E-state index in [4.69, 9.17) is 4.42 Å². The van der Waals surface area contributed by atoms with Crippen LogP contribution in [-0.2, 0) is 16.8 Å². The van der Waals surface area contributed by atoms with E-state index in [0.717, 1.165) is 24.3 Å². The highest BCUT2D eigenvalue weighted by atomic mass is 127. The normalized spacial score (nSPS) is 15.6. The maximum atomic E-state index is 12.8. The second-order valence-electron chi connectivity index (χ2n) is 7.51. The van der Waals surface area contributed by atoms with Crippen LogP contribution in [-0.4, -0.2) is 43.2 Å². The van der Waals surface area contributed by atoms with E-state index in [-0.39, 0.29) is 43.0 Å². The summed E-state index contributed by atoms with van der Waals surface area (Å²) in [6, 6.07) is 11.6. The summed E-state index contributed by atoms with van der Waals surface area (Å²) in [5.74, 6) is 1.67. The predicted octanol–water partition coefficient (Wildman–Crippen LogP) is 2.95. The number of halogens is 1. The Hall–Kier alpha value is -2.07. The predicted molar refractivity (Wildman–Crippen MR) is 130 cm³/mol. The van der Waals surface area contributed by atoms with Gasteiger partial charge in [0.1, 0.15) is 23.7 Å². The number of aliphatic hydroxyl groups is 1. The Morgan fingerprint density at radius 2 is 2.03 bits per heavy atom. The van der Waals surface area contributed by atoms with Gasteiger partial charge in [0.2, 0.25) is 5.91 Å². The molecule has 0 bridgehead atoms. The third-order valence-electron chi connectivity index (χ3n) is 5.00. The molecule has 0 saturated carbocycles. The summed E-state index contributed by atoms with van der Waals surface area (Å²) in [6.07, 6.45) is 1.95. The van der Waals surface area contributed by atoms with Gasteiger partial charge in [-0.15, -0.1) is 24.0 Å². The summed E-state index contributed by atoms with van der Waals surface area (Å²) >= 11 is 0. The molecule has 8 heteroatoms. The van der Waals surface area contributed by atoms with Crippen molar-refractivity contribution < 1.29 is 14.3 Å². The minimum atomic E-state index is -1.19. The highest BCUT2D eigenvalue weighted by molar-refractivity contribution is 14.0. The van der Waals surface area contributed by atoms with E-state index in [1.807, 2.05) is 43.0 Å². The molecule has 1 aromatic heterocycles. The van der Waals surface area contributed by atoms with E-state index in [9.17, 15) is 9.90 Å². The van der Waals surface area contributed by atoms with Gasteiger partial charge in [0.15, 0.2) is 5.96 Å². The zero-order valence-corrected chi connectivity index (χ0v) is 20.1. The van der Waals surface area contributed by atoms with Crippen molar-refractivity contribution in [2.45, 2.75) is 39.2 Å². The van der Waals surface area contributed by atoms with Crippen molar-refractivity contribution in [3.63, 3.8) is 0 Å². The molecule has 0 aliphatic carbocycles. The number of guanidine groups is 1. The van der Waals surface area contributed by atoms with Gasteiger partial charge in [-0.3, -0.25) is 4.79 Å². The number of furan rings is 1. The number of amides is 1. The number of nitrogens with zero attached hydrogens (tertiary/aromatic N) is 2. The number of nitrogens with one attached hydrogen (secondary N) is 2. The maximum absolute atomic E-state index is 12.8. The van der Waals surface area contributed by atoms with Crippen LogP contribution in [0.25, 0.3) is 0 Å². The first-order valence-corrected chi connectivity index (χ1v) is 10.1. The number of anilines is 1. The van der Waals surface area contributed by atoms with Crippen LogP contribution in [0.5, 0.6) is 0 Å². The fraction of sp³-hybridized carbons (Fsp3) is 0.455. The molecule has 1 aliphatic rings. The Labute approximate surface area is 195 Å². The number of rotatable bonds is 6. The number of aryl methyl sites for hydroxylation is 2. The Morgan fingerprint density at radius 1 is 1.27 bits per heavy atom. The molecule has 1 aromatic carbocycles. The van der Waals surface area contributed by atoms with Crippen molar-refractivity contribution in [3.8, 4) is 0 Å². The number of para-hydroxylation sites is 1. The molecule has 0 saturated heterocycles. The van der Waals surface area contributed by atoms with E-state index in [1.54, 1.807) is 13.0 Å². The fourth-order valence-electron chi connectivity index (χ4n) is 3.43. The Morgan fingerprint density at radius 3 is 2.73 bits per heavy atom. The van der Waals surface area contributed by atoms with Crippen LogP contribution in [0, 0.1) is 6.92 Å². The van der Waals surface area contributed by atoms with E-state index in [0.29, 0.717) is 24.8 Å². The summed E-state index contributed by atoms with van der Waals surface area (Å²) < 4.78 is 5.54. The third kappa shape index (κ3) is 5.98. The van der Waals surface area contributed by atoms with Gasteiger partial charge >= 0.3 is 0 Å². The van der Waals surface area contributed by atoms with Gasteiger partial charge in [-0.1, -0.05) is 18.2 Å². The average Bonchev–Trinajstić information content (AvgIpc) is 3.17. The molecule has 3 rings (SSSR count). The lowest BCUT2D eigenvalue weighted by Gasteiger charge is -2.29. The molecule has 1 amide bonds. The molecule has 2 heterocycles. The van der Waals surface area contributed by atoms with Crippen LogP contribution in [0.15, 0.2) is 45.8 Å². The van der Waals surface area contributed by atoms with Crippen molar-refractivity contribution in [3.05, 3.63) is 53.5 Å². The monoisotopic (exact) mass is 526 g/mol. The number of benzene rings is 1. The van der Waals surface area contributed by atoms with Gasteiger partial charge in [-0.25, -0.2) is 4.99 Å². The zero-order valence-electron chi connectivity index (χ0n) is 17.8. The number of carbonyl (C=O) groups excluding carboxylic acids is 1. The van der Waals surface area contributed by atoms with Crippen molar-refractivity contribution in [1.82, 2.24) is 10.6 Å². The molecule has 1 unspecified atom stereocenters. The lowest BCUT2D eigenvalue weighted by atomic mass is 10.0. The number of hydrogen-bond donors (Lipinski definition) is 3. The molecule has 164 valence electrons. The SMILES string of the molecule is CCNC(=NCC(=O)N1CCCc2ccccc21)NCC(C)(O)c1ccc(C)o1.I. The molecule has 0 fully saturated rings. The van der Waals surface area contributed by atoms with Crippen LogP contribution >= 0.6 is 24.0 Å². The number of hydrogen-bond acceptors (Lipinski definition) is 4. The quantitative estimate of drug-likeness (QED) is 0.306. The van der Waals surface area contributed by atoms with Gasteiger partial charge in [0.05, 0.1) is 6.54 Å². The largest absolute Gasteiger partial charge is 0.463 e. The zero-order chi connectivity index (χ0) is 20.9. The Bertz CT molecular complexity index is 879. The molecule has 1 atom stereocenters. The van der Waals surface area contributed by atoms with Crippen LogP contribution < -0.4 is 15.5 Å². The van der Waals surface area contributed by atoms with Gasteiger partial charge in [0, 0.05) is 18.8 Å². The second-order valence-corrected chi connectivity index (χ2v) is 7.51. The third-order valence-corrected chi connectivity index (χ3v) is 5.00. The summed E-state index contributed by atoms with van der Waals surface area (Å²) in [4.78, 5) is 19.0. The first-order chi connectivity index (χ1) is 13.9. The number of carbonyl (C=O) groups is 1. The van der Waals surface area contributed by atoms with Gasteiger partial charge in [0.25, 0.3) is 0 Å². The highest BCUT2D eigenvalue weighted by Crippen LogP contribution is 2.26. The van der Waals surface area contributed by atoms with Crippen molar-refractivity contribution >= 4 is 41.5 Å². The molecule has 2 aromatic rings. The minimum Gasteiger partial charge on any atom is -0.463 e. The molecular weight excluding hydrogens is 495 g/mol. The fourth-order valence-corrected chi connectivity index (χ4v) is 3.43. The van der Waals surface area contributed by atoms with Gasteiger partial charge in [-0.05, 0) is 57.4 Å². The van der Waals surface area contributed by atoms with E-state index in [1.165, 1.54) is 5.56 Å². The average molecular weight is 526 g/mol. The van der Waals surface area contributed by atoms with E-state index >= 15 is 0 Å². The Balaban J connectivity index is 0.00000320. The summed E-state index contributed by atoms with van der Waals surface area (Å²) in [5.41, 5.74) is 0.985. The van der Waals surface area contributed by atoms with E-state index < -0.39 is 5.60 Å². The highest BCUT2D eigenvalue weighted by Gasteiger charge is 2.27. The van der Waals surface area contributed by atoms with Gasteiger partial charge in [-0.2, -0.15) is 0 Å². The lowest BCUT2D eigenvalue weighted by molar-refractivity contribution is -0.117. The van der Waals surface area contributed by atoms with E-state index in [2.05, 4.69) is 21.7 Å². The summed E-state index contributed by atoms with van der Waals surface area (Å²) in [5, 5.41) is 16.9.